The minimum absolute atomic E-state index is 0.0553. The topological polar surface area (TPSA) is 35.5 Å². The van der Waals surface area contributed by atoms with Gasteiger partial charge in [-0.1, -0.05) is 0 Å². The molecule has 1 heterocycles. The van der Waals surface area contributed by atoms with Gasteiger partial charge in [0, 0.05) is 12.6 Å². The average molecular weight is 226 g/mol. The maximum Gasteiger partial charge on any atom is 0.0555 e. The molecule has 2 fully saturated rings. The van der Waals surface area contributed by atoms with E-state index in [4.69, 9.17) is 0 Å². The van der Waals surface area contributed by atoms with Gasteiger partial charge in [0.1, 0.15) is 0 Å². The third-order valence-electron chi connectivity index (χ3n) is 4.06. The molecule has 0 spiro atoms. The molecule has 94 valence electrons. The van der Waals surface area contributed by atoms with Gasteiger partial charge in [0.15, 0.2) is 0 Å². The maximum atomic E-state index is 9.61. The maximum absolute atomic E-state index is 9.61. The van der Waals surface area contributed by atoms with Crippen LogP contribution in [0.25, 0.3) is 0 Å². The normalized spacial score (nSPS) is 37.5. The number of rotatable bonds is 3. The van der Waals surface area contributed by atoms with Gasteiger partial charge in [0.2, 0.25) is 0 Å². The number of aliphatic hydroxyl groups is 1. The second kappa shape index (κ2) is 5.99. The molecule has 1 aliphatic heterocycles. The van der Waals surface area contributed by atoms with Crippen molar-refractivity contribution in [1.29, 1.82) is 0 Å². The van der Waals surface area contributed by atoms with Gasteiger partial charge in [-0.25, -0.2) is 0 Å². The SMILES string of the molecule is CN1CCCC(CNC2CCCC(O)C2)C1. The van der Waals surface area contributed by atoms with E-state index < -0.39 is 0 Å². The van der Waals surface area contributed by atoms with Crippen LogP contribution in [-0.2, 0) is 0 Å². The van der Waals surface area contributed by atoms with Gasteiger partial charge < -0.3 is 15.3 Å². The van der Waals surface area contributed by atoms with Crippen LogP contribution in [0.15, 0.2) is 0 Å². The summed E-state index contributed by atoms with van der Waals surface area (Å²) in [6.45, 7) is 3.64. The monoisotopic (exact) mass is 226 g/mol. The van der Waals surface area contributed by atoms with Gasteiger partial charge in [0.25, 0.3) is 0 Å². The van der Waals surface area contributed by atoms with Gasteiger partial charge in [-0.3, -0.25) is 0 Å². The van der Waals surface area contributed by atoms with Crippen LogP contribution in [0, 0.1) is 5.92 Å². The molecule has 16 heavy (non-hydrogen) atoms. The van der Waals surface area contributed by atoms with Crippen LogP contribution in [-0.4, -0.2) is 48.8 Å². The van der Waals surface area contributed by atoms with Crippen molar-refractivity contribution in [3.8, 4) is 0 Å². The minimum Gasteiger partial charge on any atom is -0.393 e. The van der Waals surface area contributed by atoms with Crippen molar-refractivity contribution in [3.63, 3.8) is 0 Å². The highest BCUT2D eigenvalue weighted by atomic mass is 16.3. The van der Waals surface area contributed by atoms with E-state index in [0.717, 1.165) is 25.3 Å². The summed E-state index contributed by atoms with van der Waals surface area (Å²) in [4.78, 5) is 2.44. The van der Waals surface area contributed by atoms with Crippen molar-refractivity contribution in [2.45, 2.75) is 50.7 Å². The number of hydrogen-bond acceptors (Lipinski definition) is 3. The molecule has 0 aromatic carbocycles. The van der Waals surface area contributed by atoms with Gasteiger partial charge in [0.05, 0.1) is 6.10 Å². The van der Waals surface area contributed by atoms with Crippen molar-refractivity contribution >= 4 is 0 Å². The highest BCUT2D eigenvalue weighted by Gasteiger charge is 2.22. The molecule has 0 bridgehead atoms. The summed E-state index contributed by atoms with van der Waals surface area (Å²) in [6, 6.07) is 0.566. The number of nitrogens with zero attached hydrogens (tertiary/aromatic N) is 1. The first kappa shape index (κ1) is 12.3. The Morgan fingerprint density at radius 3 is 2.88 bits per heavy atom. The van der Waals surface area contributed by atoms with E-state index in [-0.39, 0.29) is 6.10 Å². The van der Waals surface area contributed by atoms with E-state index in [2.05, 4.69) is 17.3 Å². The zero-order chi connectivity index (χ0) is 11.4. The molecule has 1 saturated heterocycles. The fourth-order valence-corrected chi connectivity index (χ4v) is 3.12. The molecule has 3 nitrogen and oxygen atoms in total. The van der Waals surface area contributed by atoms with Crippen LogP contribution in [0.4, 0.5) is 0 Å². The third kappa shape index (κ3) is 3.72. The molecular formula is C13H26N2O. The Hall–Kier alpha value is -0.120. The fourth-order valence-electron chi connectivity index (χ4n) is 3.12. The fraction of sp³-hybridized carbons (Fsp3) is 1.00. The van der Waals surface area contributed by atoms with Crippen molar-refractivity contribution < 1.29 is 5.11 Å². The number of aliphatic hydroxyl groups excluding tert-OH is 1. The summed E-state index contributed by atoms with van der Waals surface area (Å²) < 4.78 is 0. The van der Waals surface area contributed by atoms with Crippen molar-refractivity contribution in [3.05, 3.63) is 0 Å². The molecule has 0 aromatic rings. The highest BCUT2D eigenvalue weighted by molar-refractivity contribution is 4.80. The van der Waals surface area contributed by atoms with E-state index in [0.29, 0.717) is 6.04 Å². The van der Waals surface area contributed by atoms with Crippen LogP contribution in [0.2, 0.25) is 0 Å². The van der Waals surface area contributed by atoms with Crippen LogP contribution in [0.5, 0.6) is 0 Å². The summed E-state index contributed by atoms with van der Waals surface area (Å²) in [5.41, 5.74) is 0. The van der Waals surface area contributed by atoms with Crippen molar-refractivity contribution in [2.75, 3.05) is 26.7 Å². The third-order valence-corrected chi connectivity index (χ3v) is 4.06. The van der Waals surface area contributed by atoms with E-state index >= 15 is 0 Å². The smallest absolute Gasteiger partial charge is 0.0555 e. The second-order valence-electron chi connectivity index (χ2n) is 5.70. The molecule has 2 N–H and O–H groups in total. The first-order valence-corrected chi connectivity index (χ1v) is 6.84. The predicted octanol–water partition coefficient (Wildman–Crippen LogP) is 1.22. The second-order valence-corrected chi connectivity index (χ2v) is 5.70. The molecule has 0 amide bonds. The molecule has 3 heteroatoms. The standard InChI is InChI=1S/C13H26N2O/c1-15-7-3-4-11(10-15)9-14-12-5-2-6-13(16)8-12/h11-14,16H,2-10H2,1H3. The minimum atomic E-state index is -0.0553. The van der Waals surface area contributed by atoms with Crippen LogP contribution >= 0.6 is 0 Å². The Bertz CT molecular complexity index is 188. The molecule has 3 unspecified atom stereocenters. The van der Waals surface area contributed by atoms with Gasteiger partial charge in [-0.05, 0) is 64.6 Å². The van der Waals surface area contributed by atoms with Crippen molar-refractivity contribution in [1.82, 2.24) is 10.2 Å². The number of nitrogens with one attached hydrogen (secondary N) is 1. The van der Waals surface area contributed by atoms with E-state index in [9.17, 15) is 5.11 Å². The molecule has 1 saturated carbocycles. The molecule has 2 aliphatic rings. The lowest BCUT2D eigenvalue weighted by Crippen LogP contribution is -2.42. The predicted molar refractivity (Wildman–Crippen MR) is 66.5 cm³/mol. The first-order valence-electron chi connectivity index (χ1n) is 6.84. The summed E-state index contributed by atoms with van der Waals surface area (Å²) in [6.07, 6.45) is 7.05. The van der Waals surface area contributed by atoms with E-state index in [1.54, 1.807) is 0 Å². The summed E-state index contributed by atoms with van der Waals surface area (Å²) >= 11 is 0. The van der Waals surface area contributed by atoms with Gasteiger partial charge in [-0.2, -0.15) is 0 Å². The highest BCUT2D eigenvalue weighted by Crippen LogP contribution is 2.19. The Kier molecular flexibility index (Phi) is 4.62. The number of likely N-dealkylation sites (tertiary alicyclic amines) is 1. The van der Waals surface area contributed by atoms with E-state index in [1.807, 2.05) is 0 Å². The molecule has 0 aromatic heterocycles. The number of hydrogen-bond donors (Lipinski definition) is 2. The molecule has 2 rings (SSSR count). The Morgan fingerprint density at radius 1 is 1.25 bits per heavy atom. The lowest BCUT2D eigenvalue weighted by atomic mass is 9.92. The number of piperidine rings is 1. The molecule has 1 aliphatic carbocycles. The van der Waals surface area contributed by atoms with Crippen LogP contribution in [0.1, 0.15) is 38.5 Å². The Labute approximate surface area is 99.2 Å². The molecule has 0 radical (unpaired) electrons. The average Bonchev–Trinajstić information content (AvgIpc) is 2.27. The van der Waals surface area contributed by atoms with E-state index in [1.165, 1.54) is 38.8 Å². The molecule has 3 atom stereocenters. The summed E-state index contributed by atoms with van der Waals surface area (Å²) in [5.74, 6) is 0.817. The zero-order valence-corrected chi connectivity index (χ0v) is 10.5. The van der Waals surface area contributed by atoms with Crippen LogP contribution in [0.3, 0.4) is 0 Å². The lowest BCUT2D eigenvalue weighted by Gasteiger charge is -2.32. The largest absolute Gasteiger partial charge is 0.393 e. The lowest BCUT2D eigenvalue weighted by molar-refractivity contribution is 0.108. The van der Waals surface area contributed by atoms with Crippen molar-refractivity contribution in [2.24, 2.45) is 5.92 Å². The Morgan fingerprint density at radius 2 is 2.12 bits per heavy atom. The van der Waals surface area contributed by atoms with Gasteiger partial charge >= 0.3 is 0 Å². The van der Waals surface area contributed by atoms with Gasteiger partial charge in [-0.15, -0.1) is 0 Å². The first-order chi connectivity index (χ1) is 7.74. The zero-order valence-electron chi connectivity index (χ0n) is 10.5. The van der Waals surface area contributed by atoms with Crippen LogP contribution < -0.4 is 5.32 Å². The summed E-state index contributed by atoms with van der Waals surface area (Å²) in [7, 11) is 2.22. The molecular weight excluding hydrogens is 200 g/mol. The summed E-state index contributed by atoms with van der Waals surface area (Å²) in [5, 5.41) is 13.3. The quantitative estimate of drug-likeness (QED) is 0.759. The Balaban J connectivity index is 1.66.